The van der Waals surface area contributed by atoms with E-state index >= 15 is 0 Å². The predicted octanol–water partition coefficient (Wildman–Crippen LogP) is 2.75. The first-order chi connectivity index (χ1) is 13.5. The Morgan fingerprint density at radius 3 is 2.50 bits per heavy atom. The Labute approximate surface area is 165 Å². The summed E-state index contributed by atoms with van der Waals surface area (Å²) in [5, 5.41) is 10.4. The summed E-state index contributed by atoms with van der Waals surface area (Å²) in [7, 11) is 3.88. The summed E-state index contributed by atoms with van der Waals surface area (Å²) in [6, 6.07) is 7.92. The van der Waals surface area contributed by atoms with Crippen molar-refractivity contribution in [1.82, 2.24) is 14.4 Å². The van der Waals surface area contributed by atoms with Gasteiger partial charge in [0.1, 0.15) is 5.69 Å². The number of rotatable bonds is 4. The van der Waals surface area contributed by atoms with Gasteiger partial charge in [-0.3, -0.25) is 9.69 Å². The Morgan fingerprint density at radius 2 is 1.86 bits per heavy atom. The van der Waals surface area contributed by atoms with E-state index in [9.17, 15) is 14.7 Å². The van der Waals surface area contributed by atoms with E-state index in [1.165, 1.54) is 5.56 Å². The first-order valence-corrected chi connectivity index (χ1v) is 10.3. The monoisotopic (exact) mass is 383 g/mol. The molecule has 0 spiro atoms. The van der Waals surface area contributed by atoms with Crippen LogP contribution in [0.15, 0.2) is 24.3 Å². The summed E-state index contributed by atoms with van der Waals surface area (Å²) in [6.07, 6.45) is 5.04. The van der Waals surface area contributed by atoms with Crippen molar-refractivity contribution in [2.24, 2.45) is 13.0 Å². The smallest absolute Gasteiger partial charge is 0.352 e. The molecule has 0 unspecified atom stereocenters. The fraction of sp³-hybridized carbons (Fsp3) is 0.545. The molecule has 2 aliphatic rings. The zero-order valence-corrected chi connectivity index (χ0v) is 16.7. The van der Waals surface area contributed by atoms with E-state index in [1.807, 2.05) is 26.2 Å². The van der Waals surface area contributed by atoms with E-state index in [1.54, 1.807) is 10.6 Å². The van der Waals surface area contributed by atoms with Crippen molar-refractivity contribution in [3.8, 4) is 0 Å². The highest BCUT2D eigenvalue weighted by molar-refractivity contribution is 5.95. The number of benzene rings is 1. The number of carboxylic acids is 1. The quantitative estimate of drug-likeness (QED) is 0.882. The standard InChI is InChI=1S/C22H29N3O3/c1-23-10-4-7-18(23)21(26)25-11-8-15(9-12-25)13-16-5-3-6-17-14-19(22(27)28)24(2)20(16)17/h3,5-6,14-15,18H,4,7-13H2,1-2H3,(H,27,28)/t18-/m0/s1. The van der Waals surface area contributed by atoms with Gasteiger partial charge in [0.2, 0.25) is 5.91 Å². The average molecular weight is 383 g/mol. The molecule has 0 saturated carbocycles. The zero-order chi connectivity index (χ0) is 19.8. The van der Waals surface area contributed by atoms with Crippen LogP contribution in [0.1, 0.15) is 41.7 Å². The second-order valence-corrected chi connectivity index (χ2v) is 8.36. The summed E-state index contributed by atoms with van der Waals surface area (Å²) in [4.78, 5) is 28.5. The number of carboxylic acid groups (broad SMARTS) is 1. The van der Waals surface area contributed by atoms with E-state index in [0.717, 1.165) is 62.6 Å². The Morgan fingerprint density at radius 1 is 1.11 bits per heavy atom. The van der Waals surface area contributed by atoms with Gasteiger partial charge in [-0.1, -0.05) is 18.2 Å². The van der Waals surface area contributed by atoms with Gasteiger partial charge in [0, 0.05) is 25.5 Å². The molecule has 28 heavy (non-hydrogen) atoms. The van der Waals surface area contributed by atoms with Crippen molar-refractivity contribution >= 4 is 22.8 Å². The Bertz CT molecular complexity index is 896. The number of likely N-dealkylation sites (N-methyl/N-ethyl adjacent to an activating group) is 1. The number of hydrogen-bond acceptors (Lipinski definition) is 3. The fourth-order valence-corrected chi connectivity index (χ4v) is 4.97. The van der Waals surface area contributed by atoms with Gasteiger partial charge in [-0.2, -0.15) is 0 Å². The van der Waals surface area contributed by atoms with Crippen molar-refractivity contribution in [2.75, 3.05) is 26.7 Å². The molecule has 2 aliphatic heterocycles. The number of carbonyl (C=O) groups is 2. The second kappa shape index (κ2) is 7.59. The number of para-hydroxylation sites is 1. The summed E-state index contributed by atoms with van der Waals surface area (Å²) >= 11 is 0. The lowest BCUT2D eigenvalue weighted by atomic mass is 9.89. The van der Waals surface area contributed by atoms with Gasteiger partial charge < -0.3 is 14.6 Å². The number of nitrogens with zero attached hydrogens (tertiary/aromatic N) is 3. The highest BCUT2D eigenvalue weighted by Crippen LogP contribution is 2.29. The molecule has 2 aromatic rings. The normalized spacial score (nSPS) is 21.5. The van der Waals surface area contributed by atoms with Gasteiger partial charge in [0.05, 0.1) is 11.6 Å². The van der Waals surface area contributed by atoms with Crippen LogP contribution in [0.4, 0.5) is 0 Å². The lowest BCUT2D eigenvalue weighted by molar-refractivity contribution is -0.137. The number of aryl methyl sites for hydroxylation is 1. The molecule has 1 aromatic carbocycles. The summed E-state index contributed by atoms with van der Waals surface area (Å²) in [6.45, 7) is 2.68. The minimum atomic E-state index is -0.895. The number of aromatic carboxylic acids is 1. The Hall–Kier alpha value is -2.34. The first kappa shape index (κ1) is 19.0. The third kappa shape index (κ3) is 3.41. The third-order valence-corrected chi connectivity index (χ3v) is 6.60. The topological polar surface area (TPSA) is 65.8 Å². The van der Waals surface area contributed by atoms with E-state index < -0.39 is 5.97 Å². The molecular weight excluding hydrogens is 354 g/mol. The number of hydrogen-bond donors (Lipinski definition) is 1. The number of piperidine rings is 1. The van der Waals surface area contributed by atoms with Crippen molar-refractivity contribution in [3.63, 3.8) is 0 Å². The van der Waals surface area contributed by atoms with Crippen LogP contribution >= 0.6 is 0 Å². The van der Waals surface area contributed by atoms with Gasteiger partial charge in [0.15, 0.2) is 0 Å². The lowest BCUT2D eigenvalue weighted by Crippen LogP contribution is -2.47. The Kier molecular flexibility index (Phi) is 5.15. The maximum atomic E-state index is 12.8. The van der Waals surface area contributed by atoms with Crippen LogP contribution in [0.25, 0.3) is 10.9 Å². The maximum absolute atomic E-state index is 12.8. The minimum absolute atomic E-state index is 0.0723. The van der Waals surface area contributed by atoms with Crippen molar-refractivity contribution in [2.45, 2.75) is 38.1 Å². The molecule has 6 nitrogen and oxygen atoms in total. The fourth-order valence-electron chi connectivity index (χ4n) is 4.97. The van der Waals surface area contributed by atoms with E-state index in [4.69, 9.17) is 0 Å². The summed E-state index contributed by atoms with van der Waals surface area (Å²) in [5.41, 5.74) is 2.54. The summed E-state index contributed by atoms with van der Waals surface area (Å²) < 4.78 is 1.79. The SMILES string of the molecule is CN1CCC[C@H]1C(=O)N1CCC(Cc2cccc3cc(C(=O)O)n(C)c23)CC1. The molecule has 1 N–H and O–H groups in total. The predicted molar refractivity (Wildman–Crippen MR) is 109 cm³/mol. The molecule has 2 saturated heterocycles. The van der Waals surface area contributed by atoms with Crippen LogP contribution in [0.3, 0.4) is 0 Å². The van der Waals surface area contributed by atoms with Crippen molar-refractivity contribution in [1.29, 1.82) is 0 Å². The van der Waals surface area contributed by atoms with Gasteiger partial charge in [-0.05, 0) is 63.2 Å². The van der Waals surface area contributed by atoms with E-state index in [-0.39, 0.29) is 6.04 Å². The highest BCUT2D eigenvalue weighted by atomic mass is 16.4. The molecule has 0 bridgehead atoms. The molecule has 150 valence electrons. The van der Waals surface area contributed by atoms with Crippen LogP contribution in [-0.2, 0) is 18.3 Å². The Balaban J connectivity index is 1.44. The van der Waals surface area contributed by atoms with Gasteiger partial charge in [-0.25, -0.2) is 4.79 Å². The zero-order valence-electron chi connectivity index (χ0n) is 16.7. The number of likely N-dealkylation sites (tertiary alicyclic amines) is 2. The molecule has 1 atom stereocenters. The van der Waals surface area contributed by atoms with Crippen molar-refractivity contribution < 1.29 is 14.7 Å². The van der Waals surface area contributed by atoms with Gasteiger partial charge in [0.25, 0.3) is 0 Å². The van der Waals surface area contributed by atoms with E-state index in [0.29, 0.717) is 17.5 Å². The average Bonchev–Trinajstić information content (AvgIpc) is 3.26. The highest BCUT2D eigenvalue weighted by Gasteiger charge is 2.33. The molecule has 4 rings (SSSR count). The van der Waals surface area contributed by atoms with Gasteiger partial charge in [-0.15, -0.1) is 0 Å². The van der Waals surface area contributed by atoms with Crippen LogP contribution in [0, 0.1) is 5.92 Å². The number of amides is 1. The van der Waals surface area contributed by atoms with Crippen LogP contribution < -0.4 is 0 Å². The summed E-state index contributed by atoms with van der Waals surface area (Å²) in [5.74, 6) is -0.0680. The van der Waals surface area contributed by atoms with E-state index in [2.05, 4.69) is 15.9 Å². The van der Waals surface area contributed by atoms with Crippen LogP contribution in [0.2, 0.25) is 0 Å². The molecule has 0 radical (unpaired) electrons. The largest absolute Gasteiger partial charge is 0.477 e. The number of fused-ring (bicyclic) bond motifs is 1. The molecule has 3 heterocycles. The van der Waals surface area contributed by atoms with Crippen LogP contribution in [0.5, 0.6) is 0 Å². The minimum Gasteiger partial charge on any atom is -0.477 e. The molecule has 6 heteroatoms. The second-order valence-electron chi connectivity index (χ2n) is 8.36. The third-order valence-electron chi connectivity index (χ3n) is 6.60. The molecule has 1 amide bonds. The van der Waals surface area contributed by atoms with Crippen LogP contribution in [-0.4, -0.2) is 64.1 Å². The molecule has 0 aliphatic carbocycles. The van der Waals surface area contributed by atoms with Gasteiger partial charge >= 0.3 is 5.97 Å². The lowest BCUT2D eigenvalue weighted by Gasteiger charge is -2.35. The maximum Gasteiger partial charge on any atom is 0.352 e. The molecule has 2 fully saturated rings. The number of aromatic nitrogens is 1. The number of carbonyl (C=O) groups excluding carboxylic acids is 1. The molecule has 1 aromatic heterocycles. The van der Waals surface area contributed by atoms with Crippen molar-refractivity contribution in [3.05, 3.63) is 35.5 Å². The molecular formula is C22H29N3O3. The first-order valence-electron chi connectivity index (χ1n) is 10.3.